The van der Waals surface area contributed by atoms with Crippen molar-refractivity contribution in [2.24, 2.45) is 0 Å². The van der Waals surface area contributed by atoms with E-state index in [4.69, 9.17) is 0 Å². The standard InChI is InChI=1S/C15H14FNO3S/c1-10-4-3-5-13(8-10)17-21(19,20)15-9-12(11(2)18)6-7-14(15)16/h3-9,17H,1-2H3. The van der Waals surface area contributed by atoms with Crippen molar-refractivity contribution in [3.8, 4) is 0 Å². The van der Waals surface area contributed by atoms with Crippen LogP contribution in [-0.2, 0) is 10.0 Å². The van der Waals surface area contributed by atoms with E-state index >= 15 is 0 Å². The Kier molecular flexibility index (Phi) is 4.09. The van der Waals surface area contributed by atoms with Gasteiger partial charge in [-0.3, -0.25) is 9.52 Å². The van der Waals surface area contributed by atoms with E-state index in [2.05, 4.69) is 4.72 Å². The summed E-state index contributed by atoms with van der Waals surface area (Å²) in [6, 6.07) is 9.96. The molecule has 110 valence electrons. The smallest absolute Gasteiger partial charge is 0.264 e. The second kappa shape index (κ2) is 5.65. The van der Waals surface area contributed by atoms with Gasteiger partial charge in [0.25, 0.3) is 10.0 Å². The van der Waals surface area contributed by atoms with Crippen molar-refractivity contribution >= 4 is 21.5 Å². The fourth-order valence-electron chi connectivity index (χ4n) is 1.85. The van der Waals surface area contributed by atoms with Crippen LogP contribution in [0.15, 0.2) is 47.4 Å². The lowest BCUT2D eigenvalue weighted by atomic mass is 10.1. The minimum absolute atomic E-state index is 0.140. The number of carbonyl (C=O) groups is 1. The third-order valence-corrected chi connectivity index (χ3v) is 4.29. The van der Waals surface area contributed by atoms with Gasteiger partial charge in [0.2, 0.25) is 0 Å². The van der Waals surface area contributed by atoms with Crippen molar-refractivity contribution in [3.63, 3.8) is 0 Å². The second-order valence-electron chi connectivity index (χ2n) is 4.68. The molecule has 21 heavy (non-hydrogen) atoms. The van der Waals surface area contributed by atoms with Gasteiger partial charge in [-0.05, 0) is 49.7 Å². The molecule has 0 unspecified atom stereocenters. The van der Waals surface area contributed by atoms with Crippen molar-refractivity contribution in [2.75, 3.05) is 4.72 Å². The normalized spacial score (nSPS) is 11.2. The Bertz CT molecular complexity index is 800. The molecule has 6 heteroatoms. The van der Waals surface area contributed by atoms with Gasteiger partial charge in [0.15, 0.2) is 5.78 Å². The molecule has 0 atom stereocenters. The number of hydrogen-bond donors (Lipinski definition) is 1. The average molecular weight is 307 g/mol. The first-order chi connectivity index (χ1) is 9.79. The van der Waals surface area contributed by atoms with Gasteiger partial charge in [-0.15, -0.1) is 0 Å². The zero-order valence-electron chi connectivity index (χ0n) is 11.6. The van der Waals surface area contributed by atoms with E-state index in [1.54, 1.807) is 18.2 Å². The minimum atomic E-state index is -4.09. The number of carbonyl (C=O) groups excluding carboxylic acids is 1. The third-order valence-electron chi connectivity index (χ3n) is 2.90. The highest BCUT2D eigenvalue weighted by molar-refractivity contribution is 7.92. The number of ketones is 1. The minimum Gasteiger partial charge on any atom is -0.295 e. The molecule has 0 aliphatic carbocycles. The summed E-state index contributed by atoms with van der Waals surface area (Å²) in [6.07, 6.45) is 0. The predicted octanol–water partition coefficient (Wildman–Crippen LogP) is 3.14. The molecular formula is C15H14FNO3S. The first-order valence-corrected chi connectivity index (χ1v) is 7.68. The fraction of sp³-hybridized carbons (Fsp3) is 0.133. The van der Waals surface area contributed by atoms with Gasteiger partial charge < -0.3 is 0 Å². The van der Waals surface area contributed by atoms with Gasteiger partial charge in [0.05, 0.1) is 0 Å². The summed E-state index contributed by atoms with van der Waals surface area (Å²) in [6.45, 7) is 3.10. The van der Waals surface area contributed by atoms with Crippen LogP contribution in [0, 0.1) is 12.7 Å². The monoisotopic (exact) mass is 307 g/mol. The molecule has 0 heterocycles. The highest BCUT2D eigenvalue weighted by atomic mass is 32.2. The summed E-state index contributed by atoms with van der Waals surface area (Å²) in [7, 11) is -4.09. The molecule has 0 bridgehead atoms. The average Bonchev–Trinajstić information content (AvgIpc) is 2.38. The topological polar surface area (TPSA) is 63.2 Å². The molecule has 0 saturated carbocycles. The van der Waals surface area contributed by atoms with E-state index in [0.29, 0.717) is 5.69 Å². The van der Waals surface area contributed by atoms with E-state index < -0.39 is 20.7 Å². The maximum Gasteiger partial charge on any atom is 0.264 e. The molecule has 2 aromatic rings. The molecule has 0 amide bonds. The summed E-state index contributed by atoms with van der Waals surface area (Å²) >= 11 is 0. The number of halogens is 1. The van der Waals surface area contributed by atoms with Crippen LogP contribution < -0.4 is 4.72 Å². The maximum atomic E-state index is 13.8. The lowest BCUT2D eigenvalue weighted by molar-refractivity contribution is 0.101. The first-order valence-electron chi connectivity index (χ1n) is 6.19. The van der Waals surface area contributed by atoms with E-state index in [1.807, 2.05) is 13.0 Å². The van der Waals surface area contributed by atoms with Crippen LogP contribution in [0.2, 0.25) is 0 Å². The van der Waals surface area contributed by atoms with Crippen LogP contribution in [0.1, 0.15) is 22.8 Å². The Morgan fingerprint density at radius 1 is 1.14 bits per heavy atom. The molecule has 0 spiro atoms. The summed E-state index contributed by atoms with van der Waals surface area (Å²) in [5.41, 5.74) is 1.34. The SMILES string of the molecule is CC(=O)c1ccc(F)c(S(=O)(=O)Nc2cccc(C)c2)c1. The zero-order chi connectivity index (χ0) is 15.6. The van der Waals surface area contributed by atoms with Gasteiger partial charge in [0, 0.05) is 11.3 Å². The lowest BCUT2D eigenvalue weighted by Gasteiger charge is -2.10. The van der Waals surface area contributed by atoms with Gasteiger partial charge in [-0.1, -0.05) is 12.1 Å². The van der Waals surface area contributed by atoms with Gasteiger partial charge in [-0.25, -0.2) is 12.8 Å². The van der Waals surface area contributed by atoms with Crippen LogP contribution in [0.5, 0.6) is 0 Å². The van der Waals surface area contributed by atoms with Crippen molar-refractivity contribution < 1.29 is 17.6 Å². The van der Waals surface area contributed by atoms with Gasteiger partial charge in [-0.2, -0.15) is 0 Å². The van der Waals surface area contributed by atoms with Crippen LogP contribution in [-0.4, -0.2) is 14.2 Å². The number of rotatable bonds is 4. The Labute approximate surface area is 122 Å². The quantitative estimate of drug-likeness (QED) is 0.883. The number of sulfonamides is 1. The number of benzene rings is 2. The Balaban J connectivity index is 2.44. The van der Waals surface area contributed by atoms with Crippen molar-refractivity contribution in [1.82, 2.24) is 0 Å². The number of Topliss-reactive ketones (excluding diaryl/α,β-unsaturated/α-hetero) is 1. The van der Waals surface area contributed by atoms with Gasteiger partial charge >= 0.3 is 0 Å². The Morgan fingerprint density at radius 3 is 2.48 bits per heavy atom. The molecule has 0 aliphatic heterocycles. The molecule has 0 fully saturated rings. The van der Waals surface area contributed by atoms with E-state index in [9.17, 15) is 17.6 Å². The summed E-state index contributed by atoms with van der Waals surface area (Å²) in [5.74, 6) is -1.23. The van der Waals surface area contributed by atoms with Crippen LogP contribution in [0.3, 0.4) is 0 Å². The molecule has 2 rings (SSSR count). The molecule has 0 aromatic heterocycles. The highest BCUT2D eigenvalue weighted by Gasteiger charge is 2.20. The summed E-state index contributed by atoms with van der Waals surface area (Å²) in [4.78, 5) is 10.8. The zero-order valence-corrected chi connectivity index (χ0v) is 12.4. The van der Waals surface area contributed by atoms with Gasteiger partial charge in [0.1, 0.15) is 10.7 Å². The summed E-state index contributed by atoms with van der Waals surface area (Å²) in [5, 5.41) is 0. The molecule has 4 nitrogen and oxygen atoms in total. The number of aryl methyl sites for hydroxylation is 1. The second-order valence-corrected chi connectivity index (χ2v) is 6.33. The molecular weight excluding hydrogens is 293 g/mol. The molecule has 1 N–H and O–H groups in total. The fourth-order valence-corrected chi connectivity index (χ4v) is 3.00. The maximum absolute atomic E-state index is 13.8. The first kappa shape index (κ1) is 15.2. The van der Waals surface area contributed by atoms with Crippen molar-refractivity contribution in [2.45, 2.75) is 18.7 Å². The molecule has 0 radical (unpaired) electrons. The third kappa shape index (κ3) is 3.46. The number of anilines is 1. The van der Waals surface area contributed by atoms with E-state index in [-0.39, 0.29) is 11.3 Å². The summed E-state index contributed by atoms with van der Waals surface area (Å²) < 4.78 is 40.6. The molecule has 0 aliphatic rings. The van der Waals surface area contributed by atoms with E-state index in [0.717, 1.165) is 17.7 Å². The van der Waals surface area contributed by atoms with Crippen LogP contribution in [0.4, 0.5) is 10.1 Å². The number of hydrogen-bond acceptors (Lipinski definition) is 3. The highest BCUT2D eigenvalue weighted by Crippen LogP contribution is 2.21. The number of nitrogens with one attached hydrogen (secondary N) is 1. The molecule has 2 aromatic carbocycles. The van der Waals surface area contributed by atoms with Crippen LogP contribution >= 0.6 is 0 Å². The van der Waals surface area contributed by atoms with Crippen LogP contribution in [0.25, 0.3) is 0 Å². The van der Waals surface area contributed by atoms with Crippen molar-refractivity contribution in [1.29, 1.82) is 0 Å². The Hall–Kier alpha value is -2.21. The Morgan fingerprint density at radius 2 is 1.86 bits per heavy atom. The van der Waals surface area contributed by atoms with Crippen molar-refractivity contribution in [3.05, 3.63) is 59.4 Å². The lowest BCUT2D eigenvalue weighted by Crippen LogP contribution is -2.15. The molecule has 0 saturated heterocycles. The largest absolute Gasteiger partial charge is 0.295 e. The predicted molar refractivity (Wildman–Crippen MR) is 78.4 cm³/mol. The van der Waals surface area contributed by atoms with E-state index in [1.165, 1.54) is 13.0 Å².